The van der Waals surface area contributed by atoms with E-state index in [1.807, 2.05) is 38.1 Å². The molecular weight excluding hydrogens is 376 g/mol. The summed E-state index contributed by atoms with van der Waals surface area (Å²) in [5.41, 5.74) is 5.20. The maximum absolute atomic E-state index is 12.4. The minimum atomic E-state index is -0.200. The lowest BCUT2D eigenvalue weighted by Gasteiger charge is -2.06. The number of pyridine rings is 2. The van der Waals surface area contributed by atoms with Gasteiger partial charge in [-0.25, -0.2) is 4.99 Å². The fraction of sp³-hybridized carbons (Fsp3) is 0.130. The van der Waals surface area contributed by atoms with Crippen molar-refractivity contribution >= 4 is 18.2 Å². The number of allylic oxidation sites excluding steroid dienone is 3. The van der Waals surface area contributed by atoms with Gasteiger partial charge in [-0.2, -0.15) is 0 Å². The molecule has 3 rings (SSSR count). The number of nitrogens with one attached hydrogen (secondary N) is 1. The molecule has 7 heteroatoms. The number of nitrogens with zero attached hydrogens (tertiary/aromatic N) is 5. The van der Waals surface area contributed by atoms with Crippen LogP contribution in [0.4, 0.5) is 0 Å². The first-order valence-electron chi connectivity index (χ1n) is 9.34. The fourth-order valence-corrected chi connectivity index (χ4v) is 2.70. The highest BCUT2D eigenvalue weighted by molar-refractivity contribution is 5.80. The second-order valence-electron chi connectivity index (χ2n) is 6.61. The van der Waals surface area contributed by atoms with E-state index >= 15 is 0 Å². The van der Waals surface area contributed by atoms with E-state index in [1.165, 1.54) is 0 Å². The van der Waals surface area contributed by atoms with Crippen LogP contribution in [-0.4, -0.2) is 32.6 Å². The highest BCUT2D eigenvalue weighted by Crippen LogP contribution is 2.17. The van der Waals surface area contributed by atoms with Crippen LogP contribution >= 0.6 is 0 Å². The van der Waals surface area contributed by atoms with Crippen LogP contribution in [0.2, 0.25) is 0 Å². The minimum Gasteiger partial charge on any atom is -0.310 e. The highest BCUT2D eigenvalue weighted by atomic mass is 16.1. The molecule has 3 heterocycles. The van der Waals surface area contributed by atoms with Crippen LogP contribution in [-0.2, 0) is 11.2 Å². The molecule has 0 saturated carbocycles. The van der Waals surface area contributed by atoms with Crippen molar-refractivity contribution < 1.29 is 4.79 Å². The van der Waals surface area contributed by atoms with Gasteiger partial charge >= 0.3 is 0 Å². The number of aliphatic imine (C=N–C) groups is 1. The quantitative estimate of drug-likeness (QED) is 0.485. The third kappa shape index (κ3) is 5.75. The Bertz CT molecular complexity index is 1090. The summed E-state index contributed by atoms with van der Waals surface area (Å²) in [7, 11) is 0. The molecule has 3 aromatic rings. The second kappa shape index (κ2) is 9.97. The third-order valence-corrected chi connectivity index (χ3v) is 4.28. The van der Waals surface area contributed by atoms with Gasteiger partial charge in [0.1, 0.15) is 5.82 Å². The van der Waals surface area contributed by atoms with E-state index in [0.29, 0.717) is 5.82 Å². The number of rotatable bonds is 7. The lowest BCUT2D eigenvalue weighted by atomic mass is 10.1. The van der Waals surface area contributed by atoms with Crippen molar-refractivity contribution in [2.75, 3.05) is 0 Å². The second-order valence-corrected chi connectivity index (χ2v) is 6.61. The number of carbonyl (C=O) groups is 1. The first-order chi connectivity index (χ1) is 14.5. The third-order valence-electron chi connectivity index (χ3n) is 4.28. The number of amides is 1. The summed E-state index contributed by atoms with van der Waals surface area (Å²) >= 11 is 0. The molecule has 0 bridgehead atoms. The smallest absolute Gasteiger partial charge is 0.230 e. The average Bonchev–Trinajstić information content (AvgIpc) is 2.77. The standard InChI is InChI=1S/C23H22N6O/c1-16(21-15-25-10-11-27-21)4-7-22(24-3)29-23(30)13-18-5-6-20(28-14-18)19-8-9-26-17(2)12-19/h4-12,14-15H,3,13H2,1-2H3,(H,29,30)/b16-4+,22-7+. The Hall–Kier alpha value is -4.00. The lowest BCUT2D eigenvalue weighted by molar-refractivity contribution is -0.119. The normalized spacial score (nSPS) is 11.8. The zero-order chi connectivity index (χ0) is 21.3. The van der Waals surface area contributed by atoms with Crippen LogP contribution in [0.25, 0.3) is 16.8 Å². The van der Waals surface area contributed by atoms with E-state index in [0.717, 1.165) is 33.8 Å². The van der Waals surface area contributed by atoms with Gasteiger partial charge in [-0.15, -0.1) is 0 Å². The summed E-state index contributed by atoms with van der Waals surface area (Å²) in [5.74, 6) is 0.161. The molecule has 150 valence electrons. The Morgan fingerprint density at radius 3 is 2.63 bits per heavy atom. The molecule has 0 saturated heterocycles. The SMILES string of the molecule is C=N/C(=C\C=C(/C)c1cnccn1)NC(=O)Cc1ccc(-c2ccnc(C)c2)nc1. The van der Waals surface area contributed by atoms with Gasteiger partial charge in [0, 0.05) is 36.0 Å². The Morgan fingerprint density at radius 2 is 1.97 bits per heavy atom. The van der Waals surface area contributed by atoms with E-state index in [4.69, 9.17) is 0 Å². The summed E-state index contributed by atoms with van der Waals surface area (Å²) in [6.07, 6.45) is 12.0. The van der Waals surface area contributed by atoms with Crippen molar-refractivity contribution in [2.24, 2.45) is 4.99 Å². The van der Waals surface area contributed by atoms with Crippen molar-refractivity contribution in [3.63, 3.8) is 0 Å². The Kier molecular flexibility index (Phi) is 6.89. The van der Waals surface area contributed by atoms with Crippen LogP contribution in [0.5, 0.6) is 0 Å². The number of carbonyl (C=O) groups excluding carboxylic acids is 1. The van der Waals surface area contributed by atoms with E-state index in [1.54, 1.807) is 43.1 Å². The summed E-state index contributed by atoms with van der Waals surface area (Å²) in [6, 6.07) is 7.66. The Balaban J connectivity index is 1.63. The summed E-state index contributed by atoms with van der Waals surface area (Å²) in [4.78, 5) is 33.2. The molecule has 0 aliphatic rings. The van der Waals surface area contributed by atoms with Crippen molar-refractivity contribution in [3.05, 3.63) is 90.2 Å². The van der Waals surface area contributed by atoms with Gasteiger partial charge in [-0.1, -0.05) is 12.1 Å². The van der Waals surface area contributed by atoms with E-state index in [2.05, 4.69) is 37.0 Å². The molecule has 3 aromatic heterocycles. The molecule has 0 fully saturated rings. The Labute approximate surface area is 175 Å². The van der Waals surface area contributed by atoms with Crippen molar-refractivity contribution in [2.45, 2.75) is 20.3 Å². The molecular formula is C23H22N6O. The van der Waals surface area contributed by atoms with Gasteiger partial charge in [-0.05, 0) is 56.0 Å². The fourth-order valence-electron chi connectivity index (χ4n) is 2.70. The first-order valence-corrected chi connectivity index (χ1v) is 9.34. The molecule has 0 radical (unpaired) electrons. The van der Waals surface area contributed by atoms with Crippen LogP contribution in [0.3, 0.4) is 0 Å². The molecule has 7 nitrogen and oxygen atoms in total. The molecule has 0 aliphatic carbocycles. The monoisotopic (exact) mass is 398 g/mol. The summed E-state index contributed by atoms with van der Waals surface area (Å²) < 4.78 is 0. The molecule has 0 spiro atoms. The largest absolute Gasteiger partial charge is 0.310 e. The first kappa shape index (κ1) is 20.7. The number of aryl methyl sites for hydroxylation is 1. The molecule has 0 aromatic carbocycles. The van der Waals surface area contributed by atoms with Crippen molar-refractivity contribution in [1.82, 2.24) is 25.3 Å². The van der Waals surface area contributed by atoms with Crippen molar-refractivity contribution in [1.29, 1.82) is 0 Å². The molecule has 0 atom stereocenters. The number of hydrogen-bond donors (Lipinski definition) is 1. The maximum atomic E-state index is 12.4. The molecule has 30 heavy (non-hydrogen) atoms. The molecule has 0 aliphatic heterocycles. The molecule has 1 N–H and O–H groups in total. The molecule has 1 amide bonds. The van der Waals surface area contributed by atoms with Crippen LogP contribution in [0.1, 0.15) is 23.9 Å². The predicted molar refractivity (Wildman–Crippen MR) is 117 cm³/mol. The van der Waals surface area contributed by atoms with Crippen LogP contribution in [0.15, 0.2) is 78.2 Å². The number of hydrogen-bond acceptors (Lipinski definition) is 6. The van der Waals surface area contributed by atoms with E-state index in [9.17, 15) is 4.79 Å². The van der Waals surface area contributed by atoms with E-state index < -0.39 is 0 Å². The van der Waals surface area contributed by atoms with Crippen LogP contribution < -0.4 is 5.32 Å². The topological polar surface area (TPSA) is 93.0 Å². The van der Waals surface area contributed by atoms with E-state index in [-0.39, 0.29) is 12.3 Å². The van der Waals surface area contributed by atoms with Gasteiger partial charge in [0.2, 0.25) is 5.91 Å². The summed E-state index contributed by atoms with van der Waals surface area (Å²) in [6.45, 7) is 7.36. The van der Waals surface area contributed by atoms with Gasteiger partial charge in [0.25, 0.3) is 0 Å². The predicted octanol–water partition coefficient (Wildman–Crippen LogP) is 3.55. The lowest BCUT2D eigenvalue weighted by Crippen LogP contribution is -2.23. The number of aromatic nitrogens is 4. The zero-order valence-electron chi connectivity index (χ0n) is 16.9. The molecule has 0 unspecified atom stereocenters. The summed E-state index contributed by atoms with van der Waals surface area (Å²) in [5, 5.41) is 2.75. The Morgan fingerprint density at radius 1 is 1.10 bits per heavy atom. The van der Waals surface area contributed by atoms with Gasteiger partial charge in [-0.3, -0.25) is 24.7 Å². The maximum Gasteiger partial charge on any atom is 0.230 e. The zero-order valence-corrected chi connectivity index (χ0v) is 16.9. The minimum absolute atomic E-state index is 0.183. The van der Waals surface area contributed by atoms with Crippen LogP contribution in [0, 0.1) is 6.92 Å². The van der Waals surface area contributed by atoms with Crippen molar-refractivity contribution in [3.8, 4) is 11.3 Å². The van der Waals surface area contributed by atoms with Gasteiger partial charge in [0.05, 0.1) is 24.0 Å². The average molecular weight is 398 g/mol. The van der Waals surface area contributed by atoms with Gasteiger partial charge < -0.3 is 5.32 Å². The van der Waals surface area contributed by atoms with Gasteiger partial charge in [0.15, 0.2) is 0 Å². The highest BCUT2D eigenvalue weighted by Gasteiger charge is 2.07.